The molecule has 0 atom stereocenters. The zero-order valence-corrected chi connectivity index (χ0v) is 16.5. The second-order valence-corrected chi connectivity index (χ2v) is 7.01. The van der Waals surface area contributed by atoms with Crippen LogP contribution in [0.3, 0.4) is 0 Å². The van der Waals surface area contributed by atoms with Gasteiger partial charge < -0.3 is 19.9 Å². The molecule has 1 N–H and O–H groups in total. The zero-order valence-electron chi connectivity index (χ0n) is 16.5. The molecule has 2 amide bonds. The molecular formula is C22H27N3O3. The van der Waals surface area contributed by atoms with Gasteiger partial charge in [0.25, 0.3) is 5.91 Å². The first kappa shape index (κ1) is 19.9. The number of nitrogens with one attached hydrogen (secondary N) is 1. The first-order valence-electron chi connectivity index (χ1n) is 9.54. The predicted molar refractivity (Wildman–Crippen MR) is 108 cm³/mol. The highest BCUT2D eigenvalue weighted by atomic mass is 16.5. The monoisotopic (exact) mass is 381 g/mol. The fourth-order valence-electron chi connectivity index (χ4n) is 3.35. The van der Waals surface area contributed by atoms with Crippen molar-refractivity contribution in [2.45, 2.75) is 13.5 Å². The van der Waals surface area contributed by atoms with E-state index in [1.54, 1.807) is 36.3 Å². The first-order chi connectivity index (χ1) is 13.6. The quantitative estimate of drug-likeness (QED) is 0.832. The topological polar surface area (TPSA) is 61.9 Å². The van der Waals surface area contributed by atoms with E-state index >= 15 is 0 Å². The molecule has 0 aromatic heterocycles. The average molecular weight is 381 g/mol. The van der Waals surface area contributed by atoms with Gasteiger partial charge >= 0.3 is 0 Å². The van der Waals surface area contributed by atoms with Crippen molar-refractivity contribution in [3.05, 3.63) is 65.2 Å². The van der Waals surface area contributed by atoms with E-state index in [4.69, 9.17) is 4.74 Å². The number of carbonyl (C=O) groups is 2. The van der Waals surface area contributed by atoms with Gasteiger partial charge in [0.1, 0.15) is 12.3 Å². The molecule has 1 aliphatic heterocycles. The average Bonchev–Trinajstić information content (AvgIpc) is 2.73. The van der Waals surface area contributed by atoms with Crippen LogP contribution in [0, 0.1) is 6.92 Å². The Kier molecular flexibility index (Phi) is 6.66. The second kappa shape index (κ2) is 9.37. The highest BCUT2D eigenvalue weighted by molar-refractivity contribution is 5.96. The molecular weight excluding hydrogens is 354 g/mol. The van der Waals surface area contributed by atoms with E-state index in [-0.39, 0.29) is 18.4 Å². The molecule has 0 aliphatic carbocycles. The summed E-state index contributed by atoms with van der Waals surface area (Å²) in [6.07, 6.45) is 0. The van der Waals surface area contributed by atoms with Gasteiger partial charge in [-0.25, -0.2) is 0 Å². The minimum Gasteiger partial charge on any atom is -0.497 e. The Balaban J connectivity index is 1.82. The van der Waals surface area contributed by atoms with Crippen molar-refractivity contribution in [3.8, 4) is 5.75 Å². The van der Waals surface area contributed by atoms with Crippen molar-refractivity contribution in [3.63, 3.8) is 0 Å². The largest absolute Gasteiger partial charge is 0.497 e. The fourth-order valence-corrected chi connectivity index (χ4v) is 3.35. The number of methoxy groups -OCH3 is 1. The lowest BCUT2D eigenvalue weighted by Gasteiger charge is -2.30. The molecule has 2 aromatic carbocycles. The number of carbonyl (C=O) groups excluding carboxylic acids is 2. The molecule has 28 heavy (non-hydrogen) atoms. The lowest BCUT2D eigenvalue weighted by molar-refractivity contribution is -0.132. The van der Waals surface area contributed by atoms with Gasteiger partial charge in [0.15, 0.2) is 0 Å². The predicted octanol–water partition coefficient (Wildman–Crippen LogP) is 2.08. The first-order valence-corrected chi connectivity index (χ1v) is 9.54. The molecule has 6 heteroatoms. The molecule has 6 nitrogen and oxygen atoms in total. The van der Waals surface area contributed by atoms with Crippen molar-refractivity contribution >= 4 is 11.8 Å². The Morgan fingerprint density at radius 2 is 1.86 bits per heavy atom. The van der Waals surface area contributed by atoms with E-state index in [9.17, 15) is 9.59 Å². The number of amides is 2. The van der Waals surface area contributed by atoms with Crippen LogP contribution >= 0.6 is 0 Å². The van der Waals surface area contributed by atoms with Crippen molar-refractivity contribution in [2.24, 2.45) is 0 Å². The summed E-state index contributed by atoms with van der Waals surface area (Å²) in [5, 5.41) is 3.24. The highest BCUT2D eigenvalue weighted by Gasteiger charge is 2.23. The van der Waals surface area contributed by atoms with E-state index in [2.05, 4.69) is 5.32 Å². The number of rotatable bonds is 6. The Labute approximate surface area is 166 Å². The maximum atomic E-state index is 13.2. The van der Waals surface area contributed by atoms with E-state index in [1.165, 1.54) is 0 Å². The number of aryl methyl sites for hydroxylation is 1. The molecule has 0 spiro atoms. The summed E-state index contributed by atoms with van der Waals surface area (Å²) in [6.45, 7) is 5.37. The van der Waals surface area contributed by atoms with Crippen molar-refractivity contribution in [2.75, 3.05) is 39.8 Å². The van der Waals surface area contributed by atoms with Crippen molar-refractivity contribution in [1.29, 1.82) is 0 Å². The summed E-state index contributed by atoms with van der Waals surface area (Å²) in [6, 6.07) is 15.1. The van der Waals surface area contributed by atoms with Crippen LogP contribution in [0.15, 0.2) is 48.5 Å². The van der Waals surface area contributed by atoms with Crippen LogP contribution in [0.2, 0.25) is 0 Å². The van der Waals surface area contributed by atoms with Gasteiger partial charge in [-0.2, -0.15) is 0 Å². The van der Waals surface area contributed by atoms with Gasteiger partial charge in [-0.1, -0.05) is 35.9 Å². The van der Waals surface area contributed by atoms with Crippen LogP contribution in [0.25, 0.3) is 0 Å². The molecule has 0 bridgehead atoms. The smallest absolute Gasteiger partial charge is 0.254 e. The van der Waals surface area contributed by atoms with Crippen molar-refractivity contribution < 1.29 is 14.3 Å². The van der Waals surface area contributed by atoms with Gasteiger partial charge in [-0.15, -0.1) is 0 Å². The summed E-state index contributed by atoms with van der Waals surface area (Å²) in [5.41, 5.74) is 2.64. The molecule has 0 radical (unpaired) electrons. The number of hydrogen-bond donors (Lipinski definition) is 1. The number of benzene rings is 2. The third kappa shape index (κ3) is 5.10. The minimum absolute atomic E-state index is 0.0228. The fraction of sp³-hybridized carbons (Fsp3) is 0.364. The summed E-state index contributed by atoms with van der Waals surface area (Å²) in [7, 11) is 1.57. The van der Waals surface area contributed by atoms with Crippen LogP contribution in [0.5, 0.6) is 5.75 Å². The van der Waals surface area contributed by atoms with Gasteiger partial charge in [-0.3, -0.25) is 9.59 Å². The van der Waals surface area contributed by atoms with Crippen LogP contribution < -0.4 is 10.1 Å². The summed E-state index contributed by atoms with van der Waals surface area (Å²) in [5.74, 6) is 0.420. The zero-order chi connectivity index (χ0) is 19.9. The van der Waals surface area contributed by atoms with E-state index in [1.807, 2.05) is 36.1 Å². The molecule has 1 fully saturated rings. The third-order valence-corrected chi connectivity index (χ3v) is 4.86. The Morgan fingerprint density at radius 1 is 1.11 bits per heavy atom. The second-order valence-electron chi connectivity index (χ2n) is 7.01. The molecule has 148 valence electrons. The Bertz CT molecular complexity index is 831. The summed E-state index contributed by atoms with van der Waals surface area (Å²) >= 11 is 0. The molecule has 2 aromatic rings. The minimum atomic E-state index is -0.177. The van der Waals surface area contributed by atoms with Crippen LogP contribution in [0.1, 0.15) is 21.5 Å². The highest BCUT2D eigenvalue weighted by Crippen LogP contribution is 2.17. The number of ether oxygens (including phenoxy) is 1. The van der Waals surface area contributed by atoms with Crippen LogP contribution in [-0.4, -0.2) is 61.4 Å². The maximum absolute atomic E-state index is 13.2. The Hall–Kier alpha value is -2.86. The molecule has 3 rings (SSSR count). The maximum Gasteiger partial charge on any atom is 0.254 e. The van der Waals surface area contributed by atoms with Gasteiger partial charge in [0.2, 0.25) is 5.91 Å². The standard InChI is InChI=1S/C22H27N3O3/c1-17-5-3-6-18(13-17)15-25(16-21(26)24-11-9-23-10-12-24)22(27)19-7-4-8-20(14-19)28-2/h3-8,13-14,23H,9-12,15-16H2,1-2H3. The Morgan fingerprint density at radius 3 is 2.57 bits per heavy atom. The van der Waals surface area contributed by atoms with E-state index in [0.717, 1.165) is 24.2 Å². The van der Waals surface area contributed by atoms with Gasteiger partial charge in [0, 0.05) is 38.3 Å². The molecule has 1 saturated heterocycles. The molecule has 1 aliphatic rings. The number of hydrogen-bond acceptors (Lipinski definition) is 4. The molecule has 0 saturated carbocycles. The number of nitrogens with zero attached hydrogens (tertiary/aromatic N) is 2. The summed E-state index contributed by atoms with van der Waals surface area (Å²) < 4.78 is 5.24. The van der Waals surface area contributed by atoms with Crippen LogP contribution in [-0.2, 0) is 11.3 Å². The normalized spacial score (nSPS) is 13.9. The molecule has 1 heterocycles. The van der Waals surface area contributed by atoms with Crippen LogP contribution in [0.4, 0.5) is 0 Å². The third-order valence-electron chi connectivity index (χ3n) is 4.86. The van der Waals surface area contributed by atoms with Crippen molar-refractivity contribution in [1.82, 2.24) is 15.1 Å². The van der Waals surface area contributed by atoms with E-state index < -0.39 is 0 Å². The van der Waals surface area contributed by atoms with Gasteiger partial charge in [-0.05, 0) is 30.7 Å². The lowest BCUT2D eigenvalue weighted by atomic mass is 10.1. The lowest BCUT2D eigenvalue weighted by Crippen LogP contribution is -2.50. The van der Waals surface area contributed by atoms with E-state index in [0.29, 0.717) is 30.9 Å². The SMILES string of the molecule is COc1cccc(C(=O)N(CC(=O)N2CCNCC2)Cc2cccc(C)c2)c1. The van der Waals surface area contributed by atoms with Gasteiger partial charge in [0.05, 0.1) is 7.11 Å². The number of piperazine rings is 1. The molecule has 0 unspecified atom stereocenters. The summed E-state index contributed by atoms with van der Waals surface area (Å²) in [4.78, 5) is 29.4.